The van der Waals surface area contributed by atoms with Gasteiger partial charge in [0.1, 0.15) is 22.8 Å². The number of aromatic hydroxyl groups is 2. The lowest BCUT2D eigenvalue weighted by atomic mass is 9.97. The van der Waals surface area contributed by atoms with Gasteiger partial charge in [0.2, 0.25) is 0 Å². The molecule has 1 aliphatic rings. The maximum atomic E-state index is 12.4. The molecule has 1 atom stereocenters. The number of benzene rings is 2. The molecular weight excluding hydrogens is 344 g/mol. The molecule has 0 bridgehead atoms. The SMILES string of the molecule is Cc1cc(O)c(C2=Nc3ccccc3N[C@H](c3ccc(O)cc3)C2)c(=O)o1. The van der Waals surface area contributed by atoms with Crippen LogP contribution in [0.4, 0.5) is 11.4 Å². The Balaban J connectivity index is 1.86. The van der Waals surface area contributed by atoms with Crippen LogP contribution in [0.1, 0.15) is 29.3 Å². The zero-order chi connectivity index (χ0) is 19.0. The van der Waals surface area contributed by atoms with Crippen LogP contribution >= 0.6 is 0 Å². The van der Waals surface area contributed by atoms with E-state index < -0.39 is 5.63 Å². The van der Waals surface area contributed by atoms with Gasteiger partial charge in [-0.25, -0.2) is 4.79 Å². The van der Waals surface area contributed by atoms with Gasteiger partial charge in [-0.1, -0.05) is 24.3 Å². The Bertz CT molecular complexity index is 1080. The fourth-order valence-corrected chi connectivity index (χ4v) is 3.24. The molecule has 0 aliphatic carbocycles. The lowest BCUT2D eigenvalue weighted by Gasteiger charge is -2.19. The number of anilines is 1. The molecule has 0 amide bonds. The number of fused-ring (bicyclic) bond motifs is 1. The molecule has 0 saturated heterocycles. The highest BCUT2D eigenvalue weighted by atomic mass is 16.4. The molecule has 4 rings (SSSR count). The summed E-state index contributed by atoms with van der Waals surface area (Å²) in [6.45, 7) is 1.61. The van der Waals surface area contributed by atoms with Crippen molar-refractivity contribution in [2.75, 3.05) is 5.32 Å². The molecule has 27 heavy (non-hydrogen) atoms. The van der Waals surface area contributed by atoms with Crippen molar-refractivity contribution in [3.8, 4) is 11.5 Å². The van der Waals surface area contributed by atoms with Crippen molar-refractivity contribution in [2.45, 2.75) is 19.4 Å². The quantitative estimate of drug-likeness (QED) is 0.639. The normalized spacial score (nSPS) is 16.0. The minimum atomic E-state index is -0.616. The van der Waals surface area contributed by atoms with Crippen molar-refractivity contribution in [1.82, 2.24) is 0 Å². The van der Waals surface area contributed by atoms with Crippen LogP contribution in [0.5, 0.6) is 11.5 Å². The highest BCUT2D eigenvalue weighted by Gasteiger charge is 2.25. The van der Waals surface area contributed by atoms with Crippen molar-refractivity contribution in [1.29, 1.82) is 0 Å². The van der Waals surface area contributed by atoms with E-state index in [0.29, 0.717) is 23.6 Å². The van der Waals surface area contributed by atoms with Crippen LogP contribution in [-0.4, -0.2) is 15.9 Å². The third kappa shape index (κ3) is 3.29. The summed E-state index contributed by atoms with van der Waals surface area (Å²) in [4.78, 5) is 17.0. The van der Waals surface area contributed by atoms with Crippen LogP contribution in [0.25, 0.3) is 0 Å². The zero-order valence-electron chi connectivity index (χ0n) is 14.6. The number of para-hydroxylation sites is 2. The molecule has 136 valence electrons. The number of phenols is 1. The van der Waals surface area contributed by atoms with Gasteiger partial charge in [-0.2, -0.15) is 0 Å². The molecule has 1 aliphatic heterocycles. The van der Waals surface area contributed by atoms with E-state index >= 15 is 0 Å². The minimum absolute atomic E-state index is 0.0721. The fourth-order valence-electron chi connectivity index (χ4n) is 3.24. The number of rotatable bonds is 2. The second kappa shape index (κ2) is 6.64. The van der Waals surface area contributed by atoms with E-state index in [1.54, 1.807) is 19.1 Å². The monoisotopic (exact) mass is 362 g/mol. The summed E-state index contributed by atoms with van der Waals surface area (Å²) in [6.07, 6.45) is 0.362. The maximum absolute atomic E-state index is 12.4. The zero-order valence-corrected chi connectivity index (χ0v) is 14.6. The number of phenolic OH excluding ortho intramolecular Hbond substituents is 1. The lowest BCUT2D eigenvalue weighted by molar-refractivity contribution is 0.432. The summed E-state index contributed by atoms with van der Waals surface area (Å²) in [5.41, 5.74) is 2.32. The molecule has 0 spiro atoms. The minimum Gasteiger partial charge on any atom is -0.508 e. The van der Waals surface area contributed by atoms with E-state index in [1.807, 2.05) is 36.4 Å². The average molecular weight is 362 g/mol. The number of aliphatic imine (C=N–C) groups is 1. The van der Waals surface area contributed by atoms with Crippen molar-refractivity contribution in [3.63, 3.8) is 0 Å². The molecule has 6 heteroatoms. The highest BCUT2D eigenvalue weighted by molar-refractivity contribution is 6.05. The summed E-state index contributed by atoms with van der Waals surface area (Å²) in [5.74, 6) is 0.369. The number of hydrogen-bond donors (Lipinski definition) is 3. The van der Waals surface area contributed by atoms with E-state index in [-0.39, 0.29) is 23.1 Å². The van der Waals surface area contributed by atoms with Gasteiger partial charge in [0.15, 0.2) is 0 Å². The molecule has 0 saturated carbocycles. The lowest BCUT2D eigenvalue weighted by Crippen LogP contribution is -2.19. The Labute approximate surface area is 155 Å². The predicted molar refractivity (Wildman–Crippen MR) is 103 cm³/mol. The Morgan fingerprint density at radius 2 is 1.85 bits per heavy atom. The van der Waals surface area contributed by atoms with Crippen LogP contribution in [0.2, 0.25) is 0 Å². The molecule has 2 heterocycles. The first-order valence-corrected chi connectivity index (χ1v) is 8.57. The summed E-state index contributed by atoms with van der Waals surface area (Å²) >= 11 is 0. The molecule has 2 aromatic carbocycles. The van der Waals surface area contributed by atoms with E-state index in [0.717, 1.165) is 11.3 Å². The topological polar surface area (TPSA) is 95.1 Å². The Kier molecular flexibility index (Phi) is 4.16. The number of nitrogens with zero attached hydrogens (tertiary/aromatic N) is 1. The summed E-state index contributed by atoms with van der Waals surface area (Å²) < 4.78 is 5.18. The molecule has 0 radical (unpaired) electrons. The van der Waals surface area contributed by atoms with Gasteiger partial charge in [-0.15, -0.1) is 0 Å². The molecule has 3 aromatic rings. The van der Waals surface area contributed by atoms with Gasteiger partial charge < -0.3 is 19.9 Å². The summed E-state index contributed by atoms with van der Waals surface area (Å²) in [5, 5.41) is 23.4. The van der Waals surface area contributed by atoms with E-state index in [1.165, 1.54) is 6.07 Å². The van der Waals surface area contributed by atoms with Crippen molar-refractivity contribution >= 4 is 17.1 Å². The van der Waals surface area contributed by atoms with Crippen LogP contribution in [0.15, 0.2) is 68.8 Å². The fraction of sp³-hybridized carbons (Fsp3) is 0.143. The Hall–Kier alpha value is -3.54. The van der Waals surface area contributed by atoms with Gasteiger partial charge in [0.25, 0.3) is 0 Å². The number of aryl methyl sites for hydroxylation is 1. The third-order valence-corrected chi connectivity index (χ3v) is 4.52. The largest absolute Gasteiger partial charge is 0.508 e. The summed E-state index contributed by atoms with van der Waals surface area (Å²) in [7, 11) is 0. The summed E-state index contributed by atoms with van der Waals surface area (Å²) in [6, 6.07) is 15.6. The Morgan fingerprint density at radius 3 is 2.59 bits per heavy atom. The maximum Gasteiger partial charge on any atom is 0.348 e. The average Bonchev–Trinajstić information content (AvgIpc) is 2.81. The smallest absolute Gasteiger partial charge is 0.348 e. The van der Waals surface area contributed by atoms with Gasteiger partial charge in [-0.3, -0.25) is 4.99 Å². The first-order valence-electron chi connectivity index (χ1n) is 8.57. The molecule has 0 fully saturated rings. The van der Waals surface area contributed by atoms with Crippen LogP contribution < -0.4 is 10.9 Å². The molecule has 1 aromatic heterocycles. The van der Waals surface area contributed by atoms with Crippen molar-refractivity contribution in [2.24, 2.45) is 4.99 Å². The van der Waals surface area contributed by atoms with Gasteiger partial charge in [0.05, 0.1) is 23.1 Å². The van der Waals surface area contributed by atoms with Crippen LogP contribution in [0, 0.1) is 6.92 Å². The van der Waals surface area contributed by atoms with Gasteiger partial charge >= 0.3 is 5.63 Å². The van der Waals surface area contributed by atoms with Crippen molar-refractivity contribution in [3.05, 3.63) is 81.9 Å². The molecular formula is C21H18N2O4. The second-order valence-electron chi connectivity index (χ2n) is 6.47. The second-order valence-corrected chi connectivity index (χ2v) is 6.47. The number of nitrogens with one attached hydrogen (secondary N) is 1. The highest BCUT2D eigenvalue weighted by Crippen LogP contribution is 2.36. The van der Waals surface area contributed by atoms with E-state index in [4.69, 9.17) is 4.42 Å². The van der Waals surface area contributed by atoms with Crippen LogP contribution in [-0.2, 0) is 0 Å². The Morgan fingerprint density at radius 1 is 1.11 bits per heavy atom. The molecule has 6 nitrogen and oxygen atoms in total. The van der Waals surface area contributed by atoms with Gasteiger partial charge in [0, 0.05) is 12.5 Å². The predicted octanol–water partition coefficient (Wildman–Crippen LogP) is 4.04. The van der Waals surface area contributed by atoms with Gasteiger partial charge in [-0.05, 0) is 36.8 Å². The first-order chi connectivity index (χ1) is 13.0. The number of hydrogen-bond acceptors (Lipinski definition) is 6. The van der Waals surface area contributed by atoms with Crippen molar-refractivity contribution < 1.29 is 14.6 Å². The van der Waals surface area contributed by atoms with E-state index in [2.05, 4.69) is 10.3 Å². The standard InChI is InChI=1S/C21H18N2O4/c1-12-10-19(25)20(21(26)27-12)18-11-17(13-6-8-14(24)9-7-13)22-15-4-2-3-5-16(15)23-18/h2-10,17,22,24-25H,11H2,1H3/t17-/m0/s1. The van der Waals surface area contributed by atoms with E-state index in [9.17, 15) is 15.0 Å². The molecule has 3 N–H and O–H groups in total. The molecule has 0 unspecified atom stereocenters. The van der Waals surface area contributed by atoms with Crippen LogP contribution in [0.3, 0.4) is 0 Å². The third-order valence-electron chi connectivity index (χ3n) is 4.52. The first kappa shape index (κ1) is 16.9.